The molecular formula is C23H23Br2NO. The fourth-order valence-corrected chi connectivity index (χ4v) is 4.37. The second-order valence-corrected chi connectivity index (χ2v) is 8.28. The summed E-state index contributed by atoms with van der Waals surface area (Å²) in [7, 11) is 0. The second-order valence-electron chi connectivity index (χ2n) is 6.51. The quantitative estimate of drug-likeness (QED) is 0.377. The summed E-state index contributed by atoms with van der Waals surface area (Å²) in [6.07, 6.45) is 1.00. The summed E-state index contributed by atoms with van der Waals surface area (Å²) in [6, 6.07) is 21.0. The van der Waals surface area contributed by atoms with Crippen LogP contribution in [0.25, 0.3) is 0 Å². The van der Waals surface area contributed by atoms with Gasteiger partial charge in [0.15, 0.2) is 0 Å². The van der Waals surface area contributed by atoms with Crippen molar-refractivity contribution in [1.29, 1.82) is 0 Å². The molecule has 3 aromatic carbocycles. The molecule has 0 atom stereocenters. The Kier molecular flexibility index (Phi) is 6.97. The van der Waals surface area contributed by atoms with Gasteiger partial charge in [0.25, 0.3) is 0 Å². The van der Waals surface area contributed by atoms with Crippen LogP contribution in [0.1, 0.15) is 29.2 Å². The zero-order valence-electron chi connectivity index (χ0n) is 15.6. The molecule has 3 rings (SSSR count). The number of hydrogen-bond donors (Lipinski definition) is 1. The Bertz CT molecular complexity index is 907. The first-order chi connectivity index (χ1) is 13.1. The van der Waals surface area contributed by atoms with Crippen LogP contribution in [0.2, 0.25) is 0 Å². The van der Waals surface area contributed by atoms with Crippen LogP contribution in [-0.2, 0) is 19.6 Å². The van der Waals surface area contributed by atoms with Crippen LogP contribution in [0.3, 0.4) is 0 Å². The van der Waals surface area contributed by atoms with Crippen molar-refractivity contribution in [2.24, 2.45) is 0 Å². The summed E-state index contributed by atoms with van der Waals surface area (Å²) in [5.41, 5.74) is 6.00. The molecule has 27 heavy (non-hydrogen) atoms. The number of nitrogens with one attached hydrogen (secondary N) is 1. The summed E-state index contributed by atoms with van der Waals surface area (Å²) in [5.74, 6) is 0.875. The van der Waals surface area contributed by atoms with E-state index in [1.54, 1.807) is 0 Å². The molecule has 0 saturated heterocycles. The van der Waals surface area contributed by atoms with Crippen LogP contribution in [0, 0.1) is 6.92 Å². The van der Waals surface area contributed by atoms with E-state index in [-0.39, 0.29) is 0 Å². The predicted molar refractivity (Wildman–Crippen MR) is 120 cm³/mol. The van der Waals surface area contributed by atoms with Gasteiger partial charge in [-0.2, -0.15) is 0 Å². The van der Waals surface area contributed by atoms with E-state index in [4.69, 9.17) is 4.74 Å². The van der Waals surface area contributed by atoms with E-state index in [1.807, 2.05) is 6.07 Å². The number of rotatable bonds is 7. The van der Waals surface area contributed by atoms with Gasteiger partial charge in [-0.1, -0.05) is 70.9 Å². The number of benzene rings is 3. The average Bonchev–Trinajstić information content (AvgIpc) is 2.67. The van der Waals surface area contributed by atoms with E-state index in [2.05, 4.69) is 106 Å². The zero-order chi connectivity index (χ0) is 19.2. The van der Waals surface area contributed by atoms with E-state index in [9.17, 15) is 0 Å². The lowest BCUT2D eigenvalue weighted by molar-refractivity contribution is 0.301. The maximum Gasteiger partial charge on any atom is 0.139 e. The number of anilines is 1. The van der Waals surface area contributed by atoms with Gasteiger partial charge in [-0.3, -0.25) is 0 Å². The molecule has 4 heteroatoms. The molecule has 0 fully saturated rings. The third-order valence-electron chi connectivity index (χ3n) is 4.46. The molecule has 140 valence electrons. The Morgan fingerprint density at radius 2 is 1.67 bits per heavy atom. The SMILES string of the molecule is CCc1ccccc1NCc1cc(Br)cc(Br)c1OCc1ccc(C)cc1. The summed E-state index contributed by atoms with van der Waals surface area (Å²) >= 11 is 7.25. The van der Waals surface area contributed by atoms with Gasteiger partial charge < -0.3 is 10.1 Å². The van der Waals surface area contributed by atoms with Gasteiger partial charge in [-0.05, 0) is 58.6 Å². The van der Waals surface area contributed by atoms with Crippen molar-refractivity contribution < 1.29 is 4.74 Å². The number of ether oxygens (including phenoxy) is 1. The molecule has 2 nitrogen and oxygen atoms in total. The zero-order valence-corrected chi connectivity index (χ0v) is 18.7. The molecular weight excluding hydrogens is 466 g/mol. The van der Waals surface area contributed by atoms with Crippen LogP contribution < -0.4 is 10.1 Å². The Morgan fingerprint density at radius 3 is 2.41 bits per heavy atom. The van der Waals surface area contributed by atoms with Crippen molar-refractivity contribution in [2.45, 2.75) is 33.4 Å². The van der Waals surface area contributed by atoms with Crippen molar-refractivity contribution in [3.05, 3.63) is 91.9 Å². The molecule has 0 aliphatic rings. The van der Waals surface area contributed by atoms with Crippen LogP contribution in [0.5, 0.6) is 5.75 Å². The number of para-hydroxylation sites is 1. The maximum atomic E-state index is 6.19. The molecule has 0 heterocycles. The van der Waals surface area contributed by atoms with Gasteiger partial charge >= 0.3 is 0 Å². The van der Waals surface area contributed by atoms with E-state index >= 15 is 0 Å². The lowest BCUT2D eigenvalue weighted by Crippen LogP contribution is -2.06. The number of aryl methyl sites for hydroxylation is 2. The van der Waals surface area contributed by atoms with Crippen molar-refractivity contribution >= 4 is 37.5 Å². The van der Waals surface area contributed by atoms with E-state index < -0.39 is 0 Å². The molecule has 0 aliphatic carbocycles. The van der Waals surface area contributed by atoms with Crippen molar-refractivity contribution in [1.82, 2.24) is 0 Å². The normalized spacial score (nSPS) is 10.7. The minimum atomic E-state index is 0.541. The Hall–Kier alpha value is -1.78. The second kappa shape index (κ2) is 9.43. The molecule has 0 aliphatic heterocycles. The van der Waals surface area contributed by atoms with Gasteiger partial charge in [0, 0.05) is 22.3 Å². The van der Waals surface area contributed by atoms with Gasteiger partial charge in [0.2, 0.25) is 0 Å². The highest BCUT2D eigenvalue weighted by molar-refractivity contribution is 9.11. The van der Waals surface area contributed by atoms with Crippen LogP contribution >= 0.6 is 31.9 Å². The largest absolute Gasteiger partial charge is 0.487 e. The molecule has 0 radical (unpaired) electrons. The van der Waals surface area contributed by atoms with Gasteiger partial charge in [-0.15, -0.1) is 0 Å². The third-order valence-corrected chi connectivity index (χ3v) is 5.50. The van der Waals surface area contributed by atoms with E-state index in [0.717, 1.165) is 32.2 Å². The van der Waals surface area contributed by atoms with Crippen LogP contribution in [0.4, 0.5) is 5.69 Å². The molecule has 0 unspecified atom stereocenters. The van der Waals surface area contributed by atoms with Crippen molar-refractivity contribution in [3.63, 3.8) is 0 Å². The Balaban J connectivity index is 1.78. The molecule has 0 aromatic heterocycles. The highest BCUT2D eigenvalue weighted by Crippen LogP contribution is 2.34. The highest BCUT2D eigenvalue weighted by Gasteiger charge is 2.11. The number of hydrogen-bond acceptors (Lipinski definition) is 2. The van der Waals surface area contributed by atoms with Crippen molar-refractivity contribution in [3.8, 4) is 5.75 Å². The summed E-state index contributed by atoms with van der Waals surface area (Å²) < 4.78 is 8.16. The maximum absolute atomic E-state index is 6.19. The predicted octanol–water partition coefficient (Wildman–Crippen LogP) is 7.27. The summed E-state index contributed by atoms with van der Waals surface area (Å²) in [5, 5.41) is 3.56. The molecule has 0 spiro atoms. The minimum absolute atomic E-state index is 0.541. The van der Waals surface area contributed by atoms with Crippen LogP contribution in [0.15, 0.2) is 69.6 Å². The summed E-state index contributed by atoms with van der Waals surface area (Å²) in [4.78, 5) is 0. The topological polar surface area (TPSA) is 21.3 Å². The fourth-order valence-electron chi connectivity index (χ4n) is 2.94. The van der Waals surface area contributed by atoms with Crippen molar-refractivity contribution in [2.75, 3.05) is 5.32 Å². The monoisotopic (exact) mass is 487 g/mol. The first kappa shape index (κ1) is 20.0. The Labute approximate surface area is 178 Å². The molecule has 0 bridgehead atoms. The standard InChI is InChI=1S/C23H23Br2NO/c1-3-18-6-4-5-7-22(18)26-14-19-12-20(24)13-21(25)23(19)27-15-17-10-8-16(2)9-11-17/h4-13,26H,3,14-15H2,1-2H3. The summed E-state index contributed by atoms with van der Waals surface area (Å²) in [6.45, 7) is 5.50. The average molecular weight is 489 g/mol. The minimum Gasteiger partial charge on any atom is -0.487 e. The molecule has 1 N–H and O–H groups in total. The van der Waals surface area contributed by atoms with E-state index in [1.165, 1.54) is 16.8 Å². The Morgan fingerprint density at radius 1 is 0.926 bits per heavy atom. The first-order valence-electron chi connectivity index (χ1n) is 9.05. The number of halogens is 2. The highest BCUT2D eigenvalue weighted by atomic mass is 79.9. The third kappa shape index (κ3) is 5.36. The first-order valence-corrected chi connectivity index (χ1v) is 10.6. The molecule has 0 saturated carbocycles. The van der Waals surface area contributed by atoms with E-state index in [0.29, 0.717) is 13.2 Å². The smallest absolute Gasteiger partial charge is 0.139 e. The fraction of sp³-hybridized carbons (Fsp3) is 0.217. The van der Waals surface area contributed by atoms with Gasteiger partial charge in [-0.25, -0.2) is 0 Å². The lowest BCUT2D eigenvalue weighted by atomic mass is 10.1. The van der Waals surface area contributed by atoms with Gasteiger partial charge in [0.05, 0.1) is 4.47 Å². The molecule has 0 amide bonds. The lowest BCUT2D eigenvalue weighted by Gasteiger charge is -2.17. The van der Waals surface area contributed by atoms with Crippen LogP contribution in [-0.4, -0.2) is 0 Å². The molecule has 3 aromatic rings. The van der Waals surface area contributed by atoms with Gasteiger partial charge in [0.1, 0.15) is 12.4 Å².